The van der Waals surface area contributed by atoms with Gasteiger partial charge in [-0.3, -0.25) is 18.2 Å². The van der Waals surface area contributed by atoms with Crippen LogP contribution in [0.1, 0.15) is 0 Å². The highest BCUT2D eigenvalue weighted by Gasteiger charge is 2.48. The van der Waals surface area contributed by atoms with Gasteiger partial charge in [-0.05, 0) is 22.6 Å². The van der Waals surface area contributed by atoms with Crippen LogP contribution < -0.4 is 12.4 Å². The third-order valence-corrected chi connectivity index (χ3v) is 8.12. The van der Waals surface area contributed by atoms with E-state index in [1.165, 1.54) is 0 Å². The molecular weight excluding hydrogens is 583 g/mol. The Morgan fingerprint density at radius 1 is 0.654 bits per heavy atom. The standard InChI is InChI=1S/C6H3IN2O12S4.ClH/c7-1-3(22(10,11)12)5(24(16,17)18)2(9-8)6(25(19,20)21)4(1)23(13,14)15;/h(H3-,10,11,12,13,14,15,16,17,18,19,20,21);1H. The fraction of sp³-hybridized carbons (Fsp3) is 0. The lowest BCUT2D eigenvalue weighted by Crippen LogP contribution is -3.00. The lowest BCUT2D eigenvalue weighted by atomic mass is 10.3. The van der Waals surface area contributed by atoms with Crippen molar-refractivity contribution in [2.45, 2.75) is 19.6 Å². The van der Waals surface area contributed by atoms with Crippen LogP contribution in [-0.2, 0) is 40.5 Å². The maximum Gasteiger partial charge on any atom is 0.429 e. The first kappa shape index (κ1) is 25.3. The lowest BCUT2D eigenvalue weighted by Gasteiger charge is -2.11. The zero-order chi connectivity index (χ0) is 20.2. The molecular formula is C6H4ClIN2O12S4. The molecule has 1 aromatic rings. The molecule has 0 saturated carbocycles. The molecule has 0 saturated heterocycles. The number of nitrogens with zero attached hydrogens (tertiary/aromatic N) is 2. The molecule has 0 spiro atoms. The van der Waals surface area contributed by atoms with Gasteiger partial charge in [0.1, 0.15) is 9.79 Å². The highest BCUT2D eigenvalue weighted by molar-refractivity contribution is 14.1. The Hall–Kier alpha value is -0.700. The molecule has 20 heteroatoms. The predicted molar refractivity (Wildman–Crippen MR) is 83.2 cm³/mol. The van der Waals surface area contributed by atoms with Crippen molar-refractivity contribution < 1.29 is 64.3 Å². The van der Waals surface area contributed by atoms with Crippen molar-refractivity contribution in [2.75, 3.05) is 0 Å². The van der Waals surface area contributed by atoms with Gasteiger partial charge in [0.15, 0.2) is 4.98 Å². The van der Waals surface area contributed by atoms with Gasteiger partial charge in [0.05, 0.1) is 3.57 Å². The van der Waals surface area contributed by atoms with Gasteiger partial charge in [0, 0.05) is 0 Å². The Morgan fingerprint density at radius 3 is 1.04 bits per heavy atom. The summed E-state index contributed by atoms with van der Waals surface area (Å²) in [5.74, 6) is 0. The monoisotopic (exact) mass is 586 g/mol. The van der Waals surface area contributed by atoms with Crippen molar-refractivity contribution in [3.05, 3.63) is 8.55 Å². The average molecular weight is 587 g/mol. The normalized spacial score (nSPS) is 12.9. The SMILES string of the molecule is N#[N+]c1c(S(=O)(=O)O)c(S(=O)(=O)O)c(I)c(S(=O)(=O)O)c1S(=O)(=O)O.[Cl-]. The molecule has 0 bridgehead atoms. The molecule has 4 N–H and O–H groups in total. The molecule has 0 aliphatic rings. The first-order valence-corrected chi connectivity index (χ1v) is 11.8. The number of benzene rings is 1. The molecule has 0 aliphatic heterocycles. The number of diazo groups is 1. The van der Waals surface area contributed by atoms with Gasteiger partial charge in [-0.1, -0.05) is 0 Å². The third-order valence-electron chi connectivity index (χ3n) is 2.37. The summed E-state index contributed by atoms with van der Waals surface area (Å²) >= 11 is 0.703. The second kappa shape index (κ2) is 7.37. The molecule has 0 fully saturated rings. The first-order valence-electron chi connectivity index (χ1n) is 4.99. The molecule has 26 heavy (non-hydrogen) atoms. The summed E-state index contributed by atoms with van der Waals surface area (Å²) in [7, 11) is -22.9. The number of hydrogen-bond acceptors (Lipinski definition) is 9. The van der Waals surface area contributed by atoms with Crippen LogP contribution in [0.25, 0.3) is 4.98 Å². The summed E-state index contributed by atoms with van der Waals surface area (Å²) in [5.41, 5.74) is -1.98. The molecule has 0 aliphatic carbocycles. The van der Waals surface area contributed by atoms with Crippen molar-refractivity contribution in [3.8, 4) is 0 Å². The largest absolute Gasteiger partial charge is 1.00 e. The summed E-state index contributed by atoms with van der Waals surface area (Å²) in [6.45, 7) is 0. The van der Waals surface area contributed by atoms with Crippen LogP contribution in [0, 0.1) is 8.96 Å². The Kier molecular flexibility index (Phi) is 7.17. The molecule has 148 valence electrons. The topological polar surface area (TPSA) is 246 Å². The zero-order valence-electron chi connectivity index (χ0n) is 11.3. The third kappa shape index (κ3) is 4.77. The Balaban J connectivity index is 0.00000625. The van der Waals surface area contributed by atoms with Crippen LogP contribution in [0.2, 0.25) is 0 Å². The predicted octanol–water partition coefficient (Wildman–Crippen LogP) is -3.23. The van der Waals surface area contributed by atoms with E-state index in [1.54, 1.807) is 0 Å². The van der Waals surface area contributed by atoms with Gasteiger partial charge in [-0.2, -0.15) is 33.7 Å². The molecule has 0 aromatic heterocycles. The minimum atomic E-state index is -5.78. The molecule has 0 unspecified atom stereocenters. The van der Waals surface area contributed by atoms with Crippen molar-refractivity contribution in [1.82, 2.24) is 0 Å². The van der Waals surface area contributed by atoms with Crippen molar-refractivity contribution in [3.63, 3.8) is 0 Å². The van der Waals surface area contributed by atoms with E-state index in [0.29, 0.717) is 22.6 Å². The van der Waals surface area contributed by atoms with E-state index in [4.69, 9.17) is 23.6 Å². The van der Waals surface area contributed by atoms with Gasteiger partial charge in [-0.15, -0.1) is 0 Å². The minimum absolute atomic E-state index is 0. The highest BCUT2D eigenvalue weighted by atomic mass is 127. The van der Waals surface area contributed by atoms with Gasteiger partial charge in [-0.25, -0.2) is 0 Å². The Bertz CT molecular complexity index is 1150. The van der Waals surface area contributed by atoms with Gasteiger partial charge in [0.2, 0.25) is 15.2 Å². The summed E-state index contributed by atoms with van der Waals surface area (Å²) in [6.07, 6.45) is 0. The van der Waals surface area contributed by atoms with Crippen molar-refractivity contribution in [1.29, 1.82) is 5.39 Å². The molecule has 0 atom stereocenters. The average Bonchev–Trinajstić information content (AvgIpc) is 2.31. The maximum atomic E-state index is 11.4. The van der Waals surface area contributed by atoms with Gasteiger partial charge in [0.25, 0.3) is 20.2 Å². The minimum Gasteiger partial charge on any atom is -1.00 e. The van der Waals surface area contributed by atoms with Crippen molar-refractivity contribution >= 4 is 68.8 Å². The first-order chi connectivity index (χ1) is 10.8. The van der Waals surface area contributed by atoms with E-state index in [2.05, 4.69) is 4.98 Å². The Labute approximate surface area is 165 Å². The van der Waals surface area contributed by atoms with Crippen LogP contribution in [-0.4, -0.2) is 51.9 Å². The highest BCUT2D eigenvalue weighted by Crippen LogP contribution is 2.44. The van der Waals surface area contributed by atoms with Crippen LogP contribution >= 0.6 is 22.6 Å². The van der Waals surface area contributed by atoms with E-state index in [0.717, 1.165) is 0 Å². The fourth-order valence-electron chi connectivity index (χ4n) is 1.65. The second-order valence-corrected chi connectivity index (χ2v) is 10.5. The van der Waals surface area contributed by atoms with E-state index in [-0.39, 0.29) is 12.4 Å². The van der Waals surface area contributed by atoms with Crippen LogP contribution in [0.5, 0.6) is 0 Å². The van der Waals surface area contributed by atoms with E-state index < -0.39 is 69.3 Å². The van der Waals surface area contributed by atoms with Gasteiger partial charge < -0.3 is 12.4 Å². The van der Waals surface area contributed by atoms with Crippen LogP contribution in [0.4, 0.5) is 5.69 Å². The molecule has 1 rings (SSSR count). The summed E-state index contributed by atoms with van der Waals surface area (Å²) < 4.78 is 126. The van der Waals surface area contributed by atoms with E-state index in [9.17, 15) is 33.7 Å². The molecule has 0 heterocycles. The fourth-order valence-corrected chi connectivity index (χ4v) is 8.38. The Morgan fingerprint density at radius 2 is 0.885 bits per heavy atom. The summed E-state index contributed by atoms with van der Waals surface area (Å²) in [4.78, 5) is -5.87. The van der Waals surface area contributed by atoms with Gasteiger partial charge >= 0.3 is 25.9 Å². The zero-order valence-corrected chi connectivity index (χ0v) is 17.5. The number of halogens is 2. The second-order valence-electron chi connectivity index (χ2n) is 3.98. The molecule has 0 radical (unpaired) electrons. The van der Waals surface area contributed by atoms with E-state index in [1.807, 2.05) is 0 Å². The van der Waals surface area contributed by atoms with E-state index >= 15 is 0 Å². The summed E-state index contributed by atoms with van der Waals surface area (Å²) in [6, 6.07) is 0. The van der Waals surface area contributed by atoms with Crippen LogP contribution in [0.3, 0.4) is 0 Å². The number of rotatable bonds is 4. The van der Waals surface area contributed by atoms with Crippen LogP contribution in [0.15, 0.2) is 19.6 Å². The number of hydrogen-bond donors (Lipinski definition) is 4. The quantitative estimate of drug-likeness (QED) is 0.154. The molecule has 1 aromatic carbocycles. The van der Waals surface area contributed by atoms with Crippen molar-refractivity contribution in [2.24, 2.45) is 0 Å². The molecule has 0 amide bonds. The summed E-state index contributed by atoms with van der Waals surface area (Å²) in [5, 5.41) is 8.82. The smallest absolute Gasteiger partial charge is 0.429 e. The maximum absolute atomic E-state index is 11.4. The molecule has 14 nitrogen and oxygen atoms in total. The lowest BCUT2D eigenvalue weighted by molar-refractivity contribution is -0.0000214.